The standard InChI is InChI=1S/C16H20N9O12P3S/c17-15-13-16(20-5-19-15)25(6-21-13)12-2-8(1-10(26)14-9(3-23-24-18)22-7-41-14)11(35-12)4-34-39(30,31)37-40(32,33)36-38(27,28)29/h5-8,11-12H,1-4H2,(H,30,31)(H,32,33)(H2,17,19,20)(H2,27,28,29)/t8?,11-,12-/m1/s1. The number of carbonyl (C=O) groups is 1. The van der Waals surface area contributed by atoms with Crippen molar-refractivity contribution in [3.8, 4) is 0 Å². The number of phosphoric acid groups is 3. The van der Waals surface area contributed by atoms with Crippen LogP contribution in [0.4, 0.5) is 5.82 Å². The number of nitrogens with zero attached hydrogens (tertiary/aromatic N) is 8. The van der Waals surface area contributed by atoms with E-state index in [9.17, 15) is 28.3 Å². The molecule has 0 aromatic carbocycles. The molecule has 5 atom stereocenters. The maximum atomic E-state index is 13.2. The van der Waals surface area contributed by atoms with E-state index in [0.717, 1.165) is 11.3 Å². The van der Waals surface area contributed by atoms with E-state index in [1.807, 2.05) is 0 Å². The number of azide groups is 1. The van der Waals surface area contributed by atoms with Gasteiger partial charge in [0.1, 0.15) is 18.1 Å². The molecule has 3 unspecified atom stereocenters. The third kappa shape index (κ3) is 8.00. The first-order valence-electron chi connectivity index (χ1n) is 11.0. The van der Waals surface area contributed by atoms with Gasteiger partial charge < -0.3 is 30.0 Å². The van der Waals surface area contributed by atoms with Gasteiger partial charge in [0.15, 0.2) is 17.2 Å². The highest BCUT2D eigenvalue weighted by Crippen LogP contribution is 2.66. The summed E-state index contributed by atoms with van der Waals surface area (Å²) in [5.74, 6) is -1.01. The van der Waals surface area contributed by atoms with Crippen molar-refractivity contribution in [3.63, 3.8) is 0 Å². The largest absolute Gasteiger partial charge is 0.490 e. The number of hydrogen-bond acceptors (Lipinski definition) is 15. The third-order valence-corrected chi connectivity index (χ3v) is 10.2. The Morgan fingerprint density at radius 1 is 1.20 bits per heavy atom. The van der Waals surface area contributed by atoms with Crippen LogP contribution in [0, 0.1) is 5.92 Å². The van der Waals surface area contributed by atoms with Crippen LogP contribution < -0.4 is 5.73 Å². The number of nitrogen functional groups attached to an aromatic ring is 1. The van der Waals surface area contributed by atoms with E-state index in [4.69, 9.17) is 30.3 Å². The second-order valence-electron chi connectivity index (χ2n) is 8.24. The summed E-state index contributed by atoms with van der Waals surface area (Å²) in [6.45, 7) is -0.946. The predicted octanol–water partition coefficient (Wildman–Crippen LogP) is 2.20. The van der Waals surface area contributed by atoms with Crippen molar-refractivity contribution in [3.05, 3.63) is 39.2 Å². The summed E-state index contributed by atoms with van der Waals surface area (Å²) in [4.78, 5) is 68.9. The molecule has 222 valence electrons. The summed E-state index contributed by atoms with van der Waals surface area (Å²) < 4.78 is 54.5. The number of Topliss-reactive ketones (excluding diaryl/α,β-unsaturated/α-hetero) is 1. The van der Waals surface area contributed by atoms with Crippen LogP contribution >= 0.6 is 34.8 Å². The van der Waals surface area contributed by atoms with Gasteiger partial charge in [-0.1, -0.05) is 5.11 Å². The van der Waals surface area contributed by atoms with Gasteiger partial charge in [-0.25, -0.2) is 33.6 Å². The van der Waals surface area contributed by atoms with Crippen LogP contribution in [0.5, 0.6) is 0 Å². The minimum absolute atomic E-state index is 0.0976. The Morgan fingerprint density at radius 3 is 2.66 bits per heavy atom. The van der Waals surface area contributed by atoms with E-state index < -0.39 is 54.1 Å². The number of phosphoric ester groups is 1. The number of rotatable bonds is 13. The normalized spacial score (nSPS) is 22.2. The molecule has 0 bridgehead atoms. The Morgan fingerprint density at radius 2 is 1.95 bits per heavy atom. The number of ketones is 1. The fourth-order valence-corrected chi connectivity index (χ4v) is 7.72. The lowest BCUT2D eigenvalue weighted by Gasteiger charge is -2.21. The molecule has 0 aliphatic carbocycles. The molecule has 3 aromatic heterocycles. The predicted molar refractivity (Wildman–Crippen MR) is 135 cm³/mol. The van der Waals surface area contributed by atoms with Gasteiger partial charge in [-0.15, -0.1) is 11.3 Å². The first-order chi connectivity index (χ1) is 19.2. The first kappa shape index (κ1) is 31.3. The van der Waals surface area contributed by atoms with E-state index in [2.05, 4.69) is 38.6 Å². The Balaban J connectivity index is 1.55. The molecular weight excluding hydrogens is 635 g/mol. The van der Waals surface area contributed by atoms with Crippen molar-refractivity contribution >= 4 is 57.6 Å². The van der Waals surface area contributed by atoms with Gasteiger partial charge in [0, 0.05) is 11.3 Å². The number of fused-ring (bicyclic) bond motifs is 1. The minimum Gasteiger partial charge on any atom is -0.382 e. The molecule has 1 aliphatic rings. The number of imidazole rings is 1. The summed E-state index contributed by atoms with van der Waals surface area (Å²) in [7, 11) is -16.8. The van der Waals surface area contributed by atoms with Crippen LogP contribution in [0.15, 0.2) is 23.3 Å². The topological polar surface area (TPSA) is 317 Å². The second-order valence-corrected chi connectivity index (χ2v) is 13.5. The molecule has 1 fully saturated rings. The summed E-state index contributed by atoms with van der Waals surface area (Å²) >= 11 is 1.02. The van der Waals surface area contributed by atoms with Crippen molar-refractivity contribution in [2.45, 2.75) is 31.7 Å². The van der Waals surface area contributed by atoms with Gasteiger partial charge in [0.25, 0.3) is 0 Å². The van der Waals surface area contributed by atoms with E-state index in [0.29, 0.717) is 5.65 Å². The molecule has 4 rings (SSSR count). The molecule has 4 heterocycles. The molecule has 0 saturated carbocycles. The lowest BCUT2D eigenvalue weighted by molar-refractivity contribution is -0.0287. The van der Waals surface area contributed by atoms with Crippen LogP contribution in [-0.2, 0) is 38.1 Å². The number of ether oxygens (including phenoxy) is 1. The van der Waals surface area contributed by atoms with Crippen LogP contribution in [-0.4, -0.2) is 62.6 Å². The fraction of sp³-hybridized carbons (Fsp3) is 0.438. The fourth-order valence-electron chi connectivity index (χ4n) is 3.94. The Hall–Kier alpha value is -2.67. The van der Waals surface area contributed by atoms with E-state index >= 15 is 0 Å². The number of hydrogen-bond donors (Lipinski definition) is 5. The SMILES string of the molecule is [N-]=[N+]=NCc1ncsc1C(=O)CC1C[C@H](n2cnc3c(N)ncnc32)O[C@@H]1COP(=O)(O)OP(=O)(O)OP(=O)(O)O. The number of aromatic nitrogens is 5. The van der Waals surface area contributed by atoms with Crippen molar-refractivity contribution < 1.29 is 55.9 Å². The number of carbonyl (C=O) groups excluding carboxylic acids is 1. The molecular formula is C16H20N9O12P3S. The van der Waals surface area contributed by atoms with E-state index in [-0.39, 0.29) is 41.3 Å². The van der Waals surface area contributed by atoms with Crippen LogP contribution in [0.1, 0.15) is 34.4 Å². The van der Waals surface area contributed by atoms with E-state index in [1.54, 1.807) is 0 Å². The minimum atomic E-state index is -5.74. The first-order valence-corrected chi connectivity index (χ1v) is 16.4. The molecule has 0 radical (unpaired) electrons. The number of thiazole rings is 1. The average Bonchev–Trinajstić information content (AvgIpc) is 3.58. The summed E-state index contributed by atoms with van der Waals surface area (Å²) in [5.41, 5.74) is 16.6. The molecule has 0 amide bonds. The molecule has 25 heteroatoms. The van der Waals surface area contributed by atoms with Gasteiger partial charge in [0.2, 0.25) is 0 Å². The third-order valence-electron chi connectivity index (χ3n) is 5.50. The van der Waals surface area contributed by atoms with Gasteiger partial charge in [0.05, 0.1) is 41.7 Å². The lowest BCUT2D eigenvalue weighted by atomic mass is 9.94. The maximum absolute atomic E-state index is 13.2. The number of anilines is 1. The van der Waals surface area contributed by atoms with Crippen LogP contribution in [0.3, 0.4) is 0 Å². The Kier molecular flexibility index (Phi) is 9.37. The van der Waals surface area contributed by atoms with Crippen molar-refractivity contribution in [1.82, 2.24) is 24.5 Å². The van der Waals surface area contributed by atoms with Crippen molar-refractivity contribution in [1.29, 1.82) is 0 Å². The lowest BCUT2D eigenvalue weighted by Crippen LogP contribution is -2.24. The highest BCUT2D eigenvalue weighted by atomic mass is 32.1. The molecule has 3 aromatic rings. The van der Waals surface area contributed by atoms with Crippen LogP contribution in [0.2, 0.25) is 0 Å². The van der Waals surface area contributed by atoms with Gasteiger partial charge >= 0.3 is 23.5 Å². The molecule has 6 N–H and O–H groups in total. The van der Waals surface area contributed by atoms with Gasteiger partial charge in [-0.3, -0.25) is 13.9 Å². The van der Waals surface area contributed by atoms with Crippen molar-refractivity contribution in [2.75, 3.05) is 12.3 Å². The summed E-state index contributed by atoms with van der Waals surface area (Å²) in [6, 6.07) is 0. The average molecular weight is 655 g/mol. The van der Waals surface area contributed by atoms with Crippen molar-refractivity contribution in [2.24, 2.45) is 11.0 Å². The Bertz CT molecular complexity index is 1640. The molecule has 41 heavy (non-hydrogen) atoms. The highest BCUT2D eigenvalue weighted by molar-refractivity contribution is 7.66. The maximum Gasteiger partial charge on any atom is 0.490 e. The zero-order chi connectivity index (χ0) is 30.0. The highest BCUT2D eigenvalue weighted by Gasteiger charge is 2.44. The Labute approximate surface area is 232 Å². The number of nitrogens with two attached hydrogens (primary N) is 1. The monoisotopic (exact) mass is 655 g/mol. The smallest absolute Gasteiger partial charge is 0.382 e. The summed E-state index contributed by atoms with van der Waals surface area (Å²) in [5, 5.41) is 3.41. The molecule has 21 nitrogen and oxygen atoms in total. The van der Waals surface area contributed by atoms with Crippen LogP contribution in [0.25, 0.3) is 21.6 Å². The molecule has 1 aliphatic heterocycles. The van der Waals surface area contributed by atoms with Gasteiger partial charge in [-0.05, 0) is 17.9 Å². The zero-order valence-electron chi connectivity index (χ0n) is 20.3. The zero-order valence-corrected chi connectivity index (χ0v) is 23.8. The van der Waals surface area contributed by atoms with E-state index in [1.165, 1.54) is 22.7 Å². The molecule has 0 spiro atoms. The second kappa shape index (κ2) is 12.3. The quantitative estimate of drug-likeness (QED) is 0.0579. The van der Waals surface area contributed by atoms with Gasteiger partial charge in [-0.2, -0.15) is 8.62 Å². The summed E-state index contributed by atoms with van der Waals surface area (Å²) in [6.07, 6.45) is 0.537. The molecule has 1 saturated heterocycles.